The Labute approximate surface area is 130 Å². The largest absolute Gasteiger partial charge is 0.309 e. The second kappa shape index (κ2) is 7.42. The van der Waals surface area contributed by atoms with E-state index in [2.05, 4.69) is 63.0 Å². The van der Waals surface area contributed by atoms with Crippen molar-refractivity contribution in [1.29, 1.82) is 0 Å². The average Bonchev–Trinajstić information content (AvgIpc) is 2.76. The number of hydrogen-bond acceptors (Lipinski definition) is 2. The van der Waals surface area contributed by atoms with E-state index in [4.69, 9.17) is 0 Å². The van der Waals surface area contributed by atoms with Crippen molar-refractivity contribution >= 4 is 0 Å². The minimum Gasteiger partial charge on any atom is -0.309 e. The zero-order valence-electron chi connectivity index (χ0n) is 14.4. The minimum atomic E-state index is 0.460. The standard InChI is InChI=1S/C19H32N2/c1-6-9-20-19(13-21-11-16(4)17(5)12-21)18-8-7-14(2)15(3)10-18/h7-8,10,16-17,19-20H,6,9,11-13H2,1-5H3. The van der Waals surface area contributed by atoms with E-state index in [0.29, 0.717) is 6.04 Å². The lowest BCUT2D eigenvalue weighted by Gasteiger charge is -2.26. The van der Waals surface area contributed by atoms with Crippen molar-refractivity contribution in [2.75, 3.05) is 26.2 Å². The molecule has 1 aliphatic heterocycles. The molecule has 2 heteroatoms. The highest BCUT2D eigenvalue weighted by atomic mass is 15.2. The summed E-state index contributed by atoms with van der Waals surface area (Å²) >= 11 is 0. The van der Waals surface area contributed by atoms with E-state index in [1.165, 1.54) is 36.2 Å². The van der Waals surface area contributed by atoms with Gasteiger partial charge in [-0.15, -0.1) is 0 Å². The summed E-state index contributed by atoms with van der Waals surface area (Å²) in [6.07, 6.45) is 1.19. The molecular formula is C19H32N2. The van der Waals surface area contributed by atoms with Crippen LogP contribution in [-0.2, 0) is 0 Å². The molecule has 21 heavy (non-hydrogen) atoms. The summed E-state index contributed by atoms with van der Waals surface area (Å²) in [7, 11) is 0. The van der Waals surface area contributed by atoms with Crippen LogP contribution in [0.4, 0.5) is 0 Å². The fraction of sp³-hybridized carbons (Fsp3) is 0.684. The van der Waals surface area contributed by atoms with Crippen LogP contribution >= 0.6 is 0 Å². The van der Waals surface area contributed by atoms with Crippen molar-refractivity contribution in [3.05, 3.63) is 34.9 Å². The molecule has 1 aliphatic rings. The topological polar surface area (TPSA) is 15.3 Å². The monoisotopic (exact) mass is 288 g/mol. The molecular weight excluding hydrogens is 256 g/mol. The maximum atomic E-state index is 3.75. The highest BCUT2D eigenvalue weighted by Gasteiger charge is 2.27. The maximum Gasteiger partial charge on any atom is 0.0449 e. The Bertz CT molecular complexity index is 445. The molecule has 0 bridgehead atoms. The zero-order valence-corrected chi connectivity index (χ0v) is 14.4. The quantitative estimate of drug-likeness (QED) is 0.853. The average molecular weight is 288 g/mol. The van der Waals surface area contributed by atoms with Gasteiger partial charge in [0.2, 0.25) is 0 Å². The number of aryl methyl sites for hydroxylation is 2. The van der Waals surface area contributed by atoms with Gasteiger partial charge in [-0.1, -0.05) is 39.0 Å². The first kappa shape index (κ1) is 16.5. The number of hydrogen-bond donors (Lipinski definition) is 1. The molecule has 3 atom stereocenters. The Balaban J connectivity index is 2.08. The molecule has 2 rings (SSSR count). The number of benzene rings is 1. The Kier molecular flexibility index (Phi) is 5.83. The Morgan fingerprint density at radius 3 is 2.38 bits per heavy atom. The fourth-order valence-electron chi connectivity index (χ4n) is 3.24. The van der Waals surface area contributed by atoms with Crippen LogP contribution in [0.3, 0.4) is 0 Å². The van der Waals surface area contributed by atoms with E-state index in [-0.39, 0.29) is 0 Å². The summed E-state index contributed by atoms with van der Waals surface area (Å²) in [4.78, 5) is 2.64. The SMILES string of the molecule is CCCNC(CN1CC(C)C(C)C1)c1ccc(C)c(C)c1. The van der Waals surface area contributed by atoms with Crippen LogP contribution in [0.5, 0.6) is 0 Å². The lowest BCUT2D eigenvalue weighted by Crippen LogP contribution is -2.34. The summed E-state index contributed by atoms with van der Waals surface area (Å²) in [6, 6.07) is 7.40. The molecule has 0 saturated carbocycles. The van der Waals surface area contributed by atoms with E-state index in [1.807, 2.05) is 0 Å². The number of nitrogens with one attached hydrogen (secondary N) is 1. The molecule has 1 aromatic rings. The third-order valence-corrected chi connectivity index (χ3v) is 5.08. The van der Waals surface area contributed by atoms with Crippen molar-refractivity contribution in [2.24, 2.45) is 11.8 Å². The Morgan fingerprint density at radius 2 is 1.81 bits per heavy atom. The van der Waals surface area contributed by atoms with Gasteiger partial charge in [-0.25, -0.2) is 0 Å². The lowest BCUT2D eigenvalue weighted by atomic mass is 10.0. The minimum absolute atomic E-state index is 0.460. The van der Waals surface area contributed by atoms with Crippen LogP contribution in [0.2, 0.25) is 0 Å². The highest BCUT2D eigenvalue weighted by molar-refractivity contribution is 5.32. The Hall–Kier alpha value is -0.860. The zero-order chi connectivity index (χ0) is 15.4. The third-order valence-electron chi connectivity index (χ3n) is 5.08. The predicted octanol–water partition coefficient (Wildman–Crippen LogP) is 3.93. The first-order valence-corrected chi connectivity index (χ1v) is 8.54. The Morgan fingerprint density at radius 1 is 1.14 bits per heavy atom. The molecule has 0 radical (unpaired) electrons. The summed E-state index contributed by atoms with van der Waals surface area (Å²) in [6.45, 7) is 16.1. The molecule has 3 unspecified atom stereocenters. The van der Waals surface area contributed by atoms with Gasteiger partial charge in [0.05, 0.1) is 0 Å². The van der Waals surface area contributed by atoms with Gasteiger partial charge >= 0.3 is 0 Å². The van der Waals surface area contributed by atoms with Crippen molar-refractivity contribution in [3.63, 3.8) is 0 Å². The van der Waals surface area contributed by atoms with Gasteiger partial charge in [0, 0.05) is 25.7 Å². The third kappa shape index (κ3) is 4.31. The summed E-state index contributed by atoms with van der Waals surface area (Å²) in [5.41, 5.74) is 4.23. The van der Waals surface area contributed by atoms with Gasteiger partial charge in [-0.2, -0.15) is 0 Å². The number of nitrogens with zero attached hydrogens (tertiary/aromatic N) is 1. The van der Waals surface area contributed by atoms with Gasteiger partial charge in [0.1, 0.15) is 0 Å². The summed E-state index contributed by atoms with van der Waals surface area (Å²) in [5.74, 6) is 1.66. The smallest absolute Gasteiger partial charge is 0.0449 e. The van der Waals surface area contributed by atoms with Crippen LogP contribution in [0.25, 0.3) is 0 Å². The second-order valence-corrected chi connectivity index (χ2v) is 7.02. The molecule has 0 spiro atoms. The van der Waals surface area contributed by atoms with Gasteiger partial charge in [0.25, 0.3) is 0 Å². The first-order valence-electron chi connectivity index (χ1n) is 8.54. The molecule has 0 aromatic heterocycles. The summed E-state index contributed by atoms with van der Waals surface area (Å²) < 4.78 is 0. The second-order valence-electron chi connectivity index (χ2n) is 7.02. The molecule has 1 aromatic carbocycles. The molecule has 1 heterocycles. The van der Waals surface area contributed by atoms with Crippen molar-refractivity contribution in [3.8, 4) is 0 Å². The van der Waals surface area contributed by atoms with E-state index in [0.717, 1.165) is 24.9 Å². The van der Waals surface area contributed by atoms with E-state index in [9.17, 15) is 0 Å². The normalized spacial score (nSPS) is 24.4. The first-order chi connectivity index (χ1) is 10.0. The molecule has 1 N–H and O–H groups in total. The van der Waals surface area contributed by atoms with Gasteiger partial charge in [0.15, 0.2) is 0 Å². The van der Waals surface area contributed by atoms with Crippen LogP contribution in [0, 0.1) is 25.7 Å². The van der Waals surface area contributed by atoms with Crippen LogP contribution < -0.4 is 5.32 Å². The van der Waals surface area contributed by atoms with E-state index in [1.54, 1.807) is 0 Å². The highest BCUT2D eigenvalue weighted by Crippen LogP contribution is 2.25. The molecule has 1 saturated heterocycles. The van der Waals surface area contributed by atoms with Crippen molar-refractivity contribution in [2.45, 2.75) is 47.1 Å². The molecule has 0 amide bonds. The molecule has 2 nitrogen and oxygen atoms in total. The predicted molar refractivity (Wildman–Crippen MR) is 91.7 cm³/mol. The van der Waals surface area contributed by atoms with Crippen molar-refractivity contribution < 1.29 is 0 Å². The molecule has 0 aliphatic carbocycles. The van der Waals surface area contributed by atoms with Gasteiger partial charge in [-0.3, -0.25) is 0 Å². The van der Waals surface area contributed by atoms with Crippen LogP contribution in [0.1, 0.15) is 49.9 Å². The van der Waals surface area contributed by atoms with Gasteiger partial charge in [-0.05, 0) is 55.3 Å². The van der Waals surface area contributed by atoms with E-state index >= 15 is 0 Å². The molecule has 1 fully saturated rings. The van der Waals surface area contributed by atoms with Crippen LogP contribution in [-0.4, -0.2) is 31.1 Å². The van der Waals surface area contributed by atoms with Crippen molar-refractivity contribution in [1.82, 2.24) is 10.2 Å². The fourth-order valence-corrected chi connectivity index (χ4v) is 3.24. The lowest BCUT2D eigenvalue weighted by molar-refractivity contribution is 0.281. The van der Waals surface area contributed by atoms with Crippen LogP contribution in [0.15, 0.2) is 18.2 Å². The number of likely N-dealkylation sites (tertiary alicyclic amines) is 1. The molecule has 118 valence electrons. The maximum absolute atomic E-state index is 3.75. The van der Waals surface area contributed by atoms with E-state index < -0.39 is 0 Å². The summed E-state index contributed by atoms with van der Waals surface area (Å²) in [5, 5.41) is 3.75. The van der Waals surface area contributed by atoms with Gasteiger partial charge < -0.3 is 10.2 Å². The number of rotatable bonds is 6.